The van der Waals surface area contributed by atoms with E-state index in [1.54, 1.807) is 18.5 Å². The van der Waals surface area contributed by atoms with E-state index in [4.69, 9.17) is 4.42 Å². The second kappa shape index (κ2) is 5.23. The van der Waals surface area contributed by atoms with Gasteiger partial charge in [0.25, 0.3) is 5.91 Å². The second-order valence-electron chi connectivity index (χ2n) is 3.89. The predicted molar refractivity (Wildman–Crippen MR) is 67.8 cm³/mol. The van der Waals surface area contributed by atoms with Crippen LogP contribution in [0.4, 0.5) is 0 Å². The normalized spacial score (nSPS) is 12.4. The van der Waals surface area contributed by atoms with Crippen molar-refractivity contribution in [1.29, 1.82) is 0 Å². The van der Waals surface area contributed by atoms with Crippen LogP contribution in [0.3, 0.4) is 0 Å². The lowest BCUT2D eigenvalue weighted by atomic mass is 10.2. The van der Waals surface area contributed by atoms with Crippen molar-refractivity contribution in [2.45, 2.75) is 19.4 Å². The van der Waals surface area contributed by atoms with E-state index in [2.05, 4.69) is 26.2 Å². The maximum Gasteiger partial charge on any atom is 0.267 e. The number of aromatic amines is 1. The molecule has 5 heteroatoms. The molecule has 1 atom stereocenters. The van der Waals surface area contributed by atoms with Crippen LogP contribution >= 0.6 is 15.9 Å². The van der Waals surface area contributed by atoms with Crippen molar-refractivity contribution in [2.24, 2.45) is 0 Å². The van der Waals surface area contributed by atoms with Crippen LogP contribution < -0.4 is 5.32 Å². The summed E-state index contributed by atoms with van der Waals surface area (Å²) in [5.41, 5.74) is 0.545. The number of H-pyrrole nitrogens is 1. The fourth-order valence-corrected chi connectivity index (χ4v) is 1.93. The van der Waals surface area contributed by atoms with Crippen molar-refractivity contribution in [1.82, 2.24) is 10.3 Å². The fourth-order valence-electron chi connectivity index (χ4n) is 1.58. The van der Waals surface area contributed by atoms with Gasteiger partial charge in [-0.3, -0.25) is 4.79 Å². The van der Waals surface area contributed by atoms with Crippen LogP contribution in [0, 0.1) is 0 Å². The van der Waals surface area contributed by atoms with Gasteiger partial charge in [0.2, 0.25) is 0 Å². The molecule has 0 aliphatic heterocycles. The van der Waals surface area contributed by atoms with Gasteiger partial charge in [-0.15, -0.1) is 0 Å². The van der Waals surface area contributed by atoms with Crippen LogP contribution in [0.25, 0.3) is 0 Å². The zero-order chi connectivity index (χ0) is 12.3. The molecule has 0 saturated carbocycles. The number of furan rings is 1. The molecule has 1 amide bonds. The molecule has 0 aliphatic carbocycles. The molecular weight excluding hydrogens is 284 g/mol. The summed E-state index contributed by atoms with van der Waals surface area (Å²) in [5.74, 6) is 0.750. The molecule has 0 aliphatic rings. The summed E-state index contributed by atoms with van der Waals surface area (Å²) in [5, 5.41) is 2.90. The van der Waals surface area contributed by atoms with Gasteiger partial charge < -0.3 is 14.7 Å². The molecule has 2 aromatic rings. The molecular formula is C12H13BrN2O2. The maximum atomic E-state index is 11.8. The first-order chi connectivity index (χ1) is 8.15. The fraction of sp³-hybridized carbons (Fsp3) is 0.250. The van der Waals surface area contributed by atoms with Crippen molar-refractivity contribution >= 4 is 21.8 Å². The van der Waals surface area contributed by atoms with E-state index >= 15 is 0 Å². The van der Waals surface area contributed by atoms with Gasteiger partial charge in [0.15, 0.2) is 0 Å². The van der Waals surface area contributed by atoms with E-state index < -0.39 is 0 Å². The quantitative estimate of drug-likeness (QED) is 0.911. The van der Waals surface area contributed by atoms with E-state index in [9.17, 15) is 4.79 Å². The molecule has 2 rings (SSSR count). The van der Waals surface area contributed by atoms with Gasteiger partial charge in [-0.25, -0.2) is 0 Å². The van der Waals surface area contributed by atoms with Crippen molar-refractivity contribution in [3.63, 3.8) is 0 Å². The number of carbonyl (C=O) groups excluding carboxylic acids is 1. The van der Waals surface area contributed by atoms with E-state index in [1.165, 1.54) is 0 Å². The number of nitrogens with one attached hydrogen (secondary N) is 2. The van der Waals surface area contributed by atoms with Crippen LogP contribution in [0.5, 0.6) is 0 Å². The Kier molecular flexibility index (Phi) is 3.68. The highest BCUT2D eigenvalue weighted by Crippen LogP contribution is 2.11. The van der Waals surface area contributed by atoms with E-state index in [-0.39, 0.29) is 11.9 Å². The Morgan fingerprint density at radius 3 is 3.06 bits per heavy atom. The van der Waals surface area contributed by atoms with Crippen molar-refractivity contribution in [3.05, 3.63) is 46.6 Å². The van der Waals surface area contributed by atoms with E-state index in [1.807, 2.05) is 19.1 Å². The molecule has 4 nitrogen and oxygen atoms in total. The van der Waals surface area contributed by atoms with Crippen LogP contribution in [-0.2, 0) is 6.42 Å². The first kappa shape index (κ1) is 12.0. The zero-order valence-electron chi connectivity index (χ0n) is 9.37. The number of aromatic nitrogens is 1. The molecule has 0 bridgehead atoms. The van der Waals surface area contributed by atoms with Crippen molar-refractivity contribution in [3.8, 4) is 0 Å². The maximum absolute atomic E-state index is 11.8. The number of carbonyl (C=O) groups is 1. The largest absolute Gasteiger partial charge is 0.469 e. The summed E-state index contributed by atoms with van der Waals surface area (Å²) in [6.07, 6.45) is 4.04. The molecule has 2 heterocycles. The summed E-state index contributed by atoms with van der Waals surface area (Å²) >= 11 is 3.29. The summed E-state index contributed by atoms with van der Waals surface area (Å²) in [7, 11) is 0. The summed E-state index contributed by atoms with van der Waals surface area (Å²) in [6.45, 7) is 1.94. The van der Waals surface area contributed by atoms with Crippen molar-refractivity contribution in [2.75, 3.05) is 0 Å². The molecule has 0 saturated heterocycles. The SMILES string of the molecule is CC(Cc1ccco1)NC(=O)c1cc(Br)c[nH]1. The van der Waals surface area contributed by atoms with Crippen LogP contribution in [0.15, 0.2) is 39.5 Å². The lowest BCUT2D eigenvalue weighted by Crippen LogP contribution is -2.34. The molecule has 17 heavy (non-hydrogen) atoms. The summed E-state index contributed by atoms with van der Waals surface area (Å²) in [4.78, 5) is 14.7. The third kappa shape index (κ3) is 3.23. The zero-order valence-corrected chi connectivity index (χ0v) is 11.0. The molecule has 90 valence electrons. The third-order valence-electron chi connectivity index (χ3n) is 2.36. The summed E-state index contributed by atoms with van der Waals surface area (Å²) < 4.78 is 6.09. The minimum Gasteiger partial charge on any atom is -0.469 e. The van der Waals surface area contributed by atoms with Gasteiger partial charge in [0, 0.05) is 23.1 Å². The molecule has 0 fully saturated rings. The lowest BCUT2D eigenvalue weighted by Gasteiger charge is -2.11. The van der Waals surface area contributed by atoms with Gasteiger partial charge in [-0.1, -0.05) is 0 Å². The average Bonchev–Trinajstić information content (AvgIpc) is 2.89. The Labute approximate surface area is 108 Å². The highest BCUT2D eigenvalue weighted by molar-refractivity contribution is 9.10. The van der Waals surface area contributed by atoms with Gasteiger partial charge >= 0.3 is 0 Å². The standard InChI is InChI=1S/C12H13BrN2O2/c1-8(5-10-3-2-4-17-10)15-12(16)11-6-9(13)7-14-11/h2-4,6-8,14H,5H2,1H3,(H,15,16). The molecule has 2 N–H and O–H groups in total. The molecule has 0 spiro atoms. The number of hydrogen-bond donors (Lipinski definition) is 2. The number of halogens is 1. The second-order valence-corrected chi connectivity index (χ2v) is 4.81. The Hall–Kier alpha value is -1.49. The smallest absolute Gasteiger partial charge is 0.267 e. The van der Waals surface area contributed by atoms with E-state index in [0.717, 1.165) is 10.2 Å². The van der Waals surface area contributed by atoms with Gasteiger partial charge in [-0.2, -0.15) is 0 Å². The number of rotatable bonds is 4. The lowest BCUT2D eigenvalue weighted by molar-refractivity contribution is 0.0935. The Balaban J connectivity index is 1.90. The third-order valence-corrected chi connectivity index (χ3v) is 2.82. The molecule has 0 radical (unpaired) electrons. The minimum atomic E-state index is -0.116. The Bertz CT molecular complexity index is 490. The number of amides is 1. The minimum absolute atomic E-state index is 0.0238. The Morgan fingerprint density at radius 2 is 2.47 bits per heavy atom. The van der Waals surface area contributed by atoms with Crippen molar-refractivity contribution < 1.29 is 9.21 Å². The van der Waals surface area contributed by atoms with Gasteiger partial charge in [0.1, 0.15) is 11.5 Å². The summed E-state index contributed by atoms with van der Waals surface area (Å²) in [6, 6.07) is 5.50. The van der Waals surface area contributed by atoms with Crippen LogP contribution in [0.2, 0.25) is 0 Å². The Morgan fingerprint density at radius 1 is 1.65 bits per heavy atom. The molecule has 2 aromatic heterocycles. The van der Waals surface area contributed by atoms with E-state index in [0.29, 0.717) is 12.1 Å². The highest BCUT2D eigenvalue weighted by Gasteiger charge is 2.12. The van der Waals surface area contributed by atoms with Gasteiger partial charge in [-0.05, 0) is 41.1 Å². The van der Waals surface area contributed by atoms with Crippen LogP contribution in [0.1, 0.15) is 23.2 Å². The first-order valence-corrected chi connectivity index (χ1v) is 6.11. The monoisotopic (exact) mass is 296 g/mol. The topological polar surface area (TPSA) is 58.0 Å². The molecule has 1 unspecified atom stereocenters. The highest BCUT2D eigenvalue weighted by atomic mass is 79.9. The average molecular weight is 297 g/mol. The molecule has 0 aromatic carbocycles. The first-order valence-electron chi connectivity index (χ1n) is 5.32. The van der Waals surface area contributed by atoms with Gasteiger partial charge in [0.05, 0.1) is 6.26 Å². The number of hydrogen-bond acceptors (Lipinski definition) is 2. The predicted octanol–water partition coefficient (Wildman–Crippen LogP) is 2.73. The van der Waals surface area contributed by atoms with Crippen LogP contribution in [-0.4, -0.2) is 16.9 Å².